The number of urea groups is 1. The molecule has 1 aliphatic rings. The van der Waals surface area contributed by atoms with Crippen LogP contribution in [0.2, 0.25) is 0 Å². The zero-order chi connectivity index (χ0) is 15.8. The number of hydrogen-bond donors (Lipinski definition) is 2. The number of rotatable bonds is 6. The summed E-state index contributed by atoms with van der Waals surface area (Å²) in [7, 11) is 1.66. The average molecular weight is 306 g/mol. The van der Waals surface area contributed by atoms with Crippen molar-refractivity contribution in [3.63, 3.8) is 0 Å². The molecule has 1 saturated carbocycles. The molecule has 22 heavy (non-hydrogen) atoms. The van der Waals surface area contributed by atoms with Gasteiger partial charge in [0, 0.05) is 20.1 Å². The van der Waals surface area contributed by atoms with E-state index in [1.54, 1.807) is 7.05 Å². The number of likely N-dealkylation sites (N-methyl/N-ethyl adjacent to an activating group) is 1. The van der Waals surface area contributed by atoms with E-state index in [2.05, 4.69) is 5.32 Å². The Hall–Kier alpha value is -1.75. The van der Waals surface area contributed by atoms with Gasteiger partial charge in [-0.3, -0.25) is 0 Å². The zero-order valence-corrected chi connectivity index (χ0v) is 13.3. The molecule has 1 aliphatic carbocycles. The molecule has 0 aromatic heterocycles. The number of carbonyl (C=O) groups is 1. The standard InChI is InChI=1S/C17H26N2O3/c1-19(11-12-20)17(21)18-13-14-7-9-16(10-8-14)22-15-5-3-2-4-6-15/h7-10,15,20H,2-6,11-13H2,1H3,(H,18,21). The van der Waals surface area contributed by atoms with E-state index in [0.717, 1.165) is 24.2 Å². The first-order valence-electron chi connectivity index (χ1n) is 8.04. The van der Waals surface area contributed by atoms with Gasteiger partial charge in [-0.2, -0.15) is 0 Å². The summed E-state index contributed by atoms with van der Waals surface area (Å²) in [6.07, 6.45) is 6.49. The Morgan fingerprint density at radius 1 is 1.27 bits per heavy atom. The van der Waals surface area contributed by atoms with E-state index in [1.807, 2.05) is 24.3 Å². The van der Waals surface area contributed by atoms with Crippen molar-refractivity contribution >= 4 is 6.03 Å². The summed E-state index contributed by atoms with van der Waals surface area (Å²) in [4.78, 5) is 13.2. The fourth-order valence-corrected chi connectivity index (χ4v) is 2.63. The van der Waals surface area contributed by atoms with E-state index in [9.17, 15) is 4.79 Å². The van der Waals surface area contributed by atoms with Crippen molar-refractivity contribution in [3.8, 4) is 5.75 Å². The van der Waals surface area contributed by atoms with Crippen LogP contribution in [0.15, 0.2) is 24.3 Å². The lowest BCUT2D eigenvalue weighted by Crippen LogP contribution is -2.38. The third kappa shape index (κ3) is 5.22. The molecule has 2 rings (SSSR count). The first kappa shape index (κ1) is 16.6. The van der Waals surface area contributed by atoms with Crippen molar-refractivity contribution in [1.82, 2.24) is 10.2 Å². The maximum Gasteiger partial charge on any atom is 0.317 e. The van der Waals surface area contributed by atoms with Gasteiger partial charge >= 0.3 is 6.03 Å². The topological polar surface area (TPSA) is 61.8 Å². The number of aliphatic hydroxyl groups is 1. The van der Waals surface area contributed by atoms with Gasteiger partial charge in [0.15, 0.2) is 0 Å². The van der Waals surface area contributed by atoms with Gasteiger partial charge in [-0.15, -0.1) is 0 Å². The summed E-state index contributed by atoms with van der Waals surface area (Å²) in [5, 5.41) is 11.6. The summed E-state index contributed by atoms with van der Waals surface area (Å²) in [5.41, 5.74) is 1.03. The van der Waals surface area contributed by atoms with Crippen LogP contribution in [0.3, 0.4) is 0 Å². The van der Waals surface area contributed by atoms with Gasteiger partial charge in [-0.25, -0.2) is 4.79 Å². The van der Waals surface area contributed by atoms with Crippen molar-refractivity contribution in [1.29, 1.82) is 0 Å². The molecular weight excluding hydrogens is 280 g/mol. The first-order valence-corrected chi connectivity index (χ1v) is 8.04. The summed E-state index contributed by atoms with van der Waals surface area (Å²) in [6.45, 7) is 0.773. The second-order valence-electron chi connectivity index (χ2n) is 5.83. The number of ether oxygens (including phenoxy) is 1. The highest BCUT2D eigenvalue weighted by Crippen LogP contribution is 2.23. The van der Waals surface area contributed by atoms with E-state index in [-0.39, 0.29) is 12.6 Å². The van der Waals surface area contributed by atoms with Crippen LogP contribution in [0, 0.1) is 0 Å². The number of aliphatic hydroxyl groups excluding tert-OH is 1. The molecule has 0 radical (unpaired) electrons. The fourth-order valence-electron chi connectivity index (χ4n) is 2.63. The summed E-state index contributed by atoms with van der Waals surface area (Å²) >= 11 is 0. The van der Waals surface area contributed by atoms with Crippen LogP contribution in [-0.2, 0) is 6.54 Å². The van der Waals surface area contributed by atoms with Crippen LogP contribution < -0.4 is 10.1 Å². The second kappa shape index (κ2) is 8.63. The van der Waals surface area contributed by atoms with Gasteiger partial charge in [0.05, 0.1) is 12.7 Å². The largest absolute Gasteiger partial charge is 0.490 e. The average Bonchev–Trinajstić information content (AvgIpc) is 2.55. The van der Waals surface area contributed by atoms with Crippen LogP contribution in [0.5, 0.6) is 5.75 Å². The Bertz CT molecular complexity index is 455. The number of nitrogens with one attached hydrogen (secondary N) is 1. The monoisotopic (exact) mass is 306 g/mol. The van der Waals surface area contributed by atoms with E-state index in [1.165, 1.54) is 24.2 Å². The molecule has 0 saturated heterocycles. The molecule has 122 valence electrons. The van der Waals surface area contributed by atoms with E-state index in [0.29, 0.717) is 19.2 Å². The molecule has 1 aromatic rings. The van der Waals surface area contributed by atoms with Crippen LogP contribution in [0.25, 0.3) is 0 Å². The number of hydrogen-bond acceptors (Lipinski definition) is 3. The lowest BCUT2D eigenvalue weighted by Gasteiger charge is -2.23. The SMILES string of the molecule is CN(CCO)C(=O)NCc1ccc(OC2CCCCC2)cc1. The molecule has 1 aromatic carbocycles. The molecule has 2 N–H and O–H groups in total. The maximum atomic E-state index is 11.7. The van der Waals surface area contributed by atoms with Crippen molar-refractivity contribution in [2.24, 2.45) is 0 Å². The predicted molar refractivity (Wildman–Crippen MR) is 85.9 cm³/mol. The predicted octanol–water partition coefficient (Wildman–Crippen LogP) is 2.53. The normalized spacial score (nSPS) is 15.4. The summed E-state index contributed by atoms with van der Waals surface area (Å²) in [5.74, 6) is 0.902. The molecule has 0 unspecified atom stereocenters. The fraction of sp³-hybridized carbons (Fsp3) is 0.588. The van der Waals surface area contributed by atoms with Gasteiger partial charge in [-0.05, 0) is 43.4 Å². The highest BCUT2D eigenvalue weighted by Gasteiger charge is 2.14. The molecular formula is C17H26N2O3. The minimum atomic E-state index is -0.184. The second-order valence-corrected chi connectivity index (χ2v) is 5.83. The minimum Gasteiger partial charge on any atom is -0.490 e. The van der Waals surface area contributed by atoms with Gasteiger partial charge in [-0.1, -0.05) is 18.6 Å². The minimum absolute atomic E-state index is 0.0306. The molecule has 0 spiro atoms. The van der Waals surface area contributed by atoms with Crippen LogP contribution in [-0.4, -0.2) is 42.3 Å². The number of nitrogens with zero attached hydrogens (tertiary/aromatic N) is 1. The quantitative estimate of drug-likeness (QED) is 0.849. The van der Waals surface area contributed by atoms with Crippen molar-refractivity contribution in [2.75, 3.05) is 20.2 Å². The molecule has 2 amide bonds. The van der Waals surface area contributed by atoms with E-state index < -0.39 is 0 Å². The van der Waals surface area contributed by atoms with Gasteiger partial charge in [0.2, 0.25) is 0 Å². The Kier molecular flexibility index (Phi) is 6.52. The third-order valence-corrected chi connectivity index (χ3v) is 4.00. The lowest BCUT2D eigenvalue weighted by molar-refractivity contribution is 0.155. The first-order chi connectivity index (χ1) is 10.7. The van der Waals surface area contributed by atoms with Crippen molar-refractivity contribution < 1.29 is 14.6 Å². The van der Waals surface area contributed by atoms with Gasteiger partial charge < -0.3 is 20.1 Å². The Labute approximate surface area is 132 Å². The van der Waals surface area contributed by atoms with Crippen molar-refractivity contribution in [3.05, 3.63) is 29.8 Å². The molecule has 1 fully saturated rings. The third-order valence-electron chi connectivity index (χ3n) is 4.00. The molecule has 5 heteroatoms. The highest BCUT2D eigenvalue weighted by atomic mass is 16.5. The smallest absolute Gasteiger partial charge is 0.317 e. The van der Waals surface area contributed by atoms with E-state index in [4.69, 9.17) is 9.84 Å². The Morgan fingerprint density at radius 3 is 2.59 bits per heavy atom. The molecule has 5 nitrogen and oxygen atoms in total. The number of benzene rings is 1. The van der Waals surface area contributed by atoms with Gasteiger partial charge in [0.1, 0.15) is 5.75 Å². The van der Waals surface area contributed by atoms with Crippen LogP contribution >= 0.6 is 0 Å². The number of carbonyl (C=O) groups excluding carboxylic acids is 1. The van der Waals surface area contributed by atoms with Crippen molar-refractivity contribution in [2.45, 2.75) is 44.8 Å². The molecule has 0 aliphatic heterocycles. The molecule has 0 atom stereocenters. The Morgan fingerprint density at radius 2 is 1.95 bits per heavy atom. The maximum absolute atomic E-state index is 11.7. The summed E-state index contributed by atoms with van der Waals surface area (Å²) < 4.78 is 5.98. The molecule has 0 heterocycles. The molecule has 0 bridgehead atoms. The van der Waals surface area contributed by atoms with Gasteiger partial charge in [0.25, 0.3) is 0 Å². The van der Waals surface area contributed by atoms with E-state index >= 15 is 0 Å². The zero-order valence-electron chi connectivity index (χ0n) is 13.3. The highest BCUT2D eigenvalue weighted by molar-refractivity contribution is 5.73. The van der Waals surface area contributed by atoms with Crippen LogP contribution in [0.1, 0.15) is 37.7 Å². The number of amides is 2. The summed E-state index contributed by atoms with van der Waals surface area (Å²) in [6, 6.07) is 7.70. The lowest BCUT2D eigenvalue weighted by atomic mass is 9.98. The Balaban J connectivity index is 1.77. The van der Waals surface area contributed by atoms with Crippen LogP contribution in [0.4, 0.5) is 4.79 Å².